The predicted octanol–water partition coefficient (Wildman–Crippen LogP) is 7.08. The average Bonchev–Trinajstić information content (AvgIpc) is 3.88. The molecule has 6 heterocycles. The van der Waals surface area contributed by atoms with Gasteiger partial charge >= 0.3 is 0 Å². The van der Waals surface area contributed by atoms with Crippen molar-refractivity contribution in [2.24, 2.45) is 0 Å². The lowest BCUT2D eigenvalue weighted by Gasteiger charge is -2.14. The Labute approximate surface area is 277 Å². The number of nitrogens with one attached hydrogen (secondary N) is 3. The predicted molar refractivity (Wildman–Crippen MR) is 186 cm³/mol. The molecule has 0 radical (unpaired) electrons. The van der Waals surface area contributed by atoms with Gasteiger partial charge in [-0.05, 0) is 98.4 Å². The highest BCUT2D eigenvalue weighted by Gasteiger charge is 2.18. The van der Waals surface area contributed by atoms with Crippen LogP contribution in [0.15, 0.2) is 91.5 Å². The fourth-order valence-corrected chi connectivity index (χ4v) is 6.63. The first-order valence-electron chi connectivity index (χ1n) is 16.6. The first-order valence-corrected chi connectivity index (χ1v) is 16.6. The van der Waals surface area contributed by atoms with E-state index in [2.05, 4.69) is 53.6 Å². The Bertz CT molecular complexity index is 2180. The summed E-state index contributed by atoms with van der Waals surface area (Å²) in [5.41, 5.74) is 9.30. The number of aryl methyl sites for hydroxylation is 1. The van der Waals surface area contributed by atoms with Crippen LogP contribution in [0.1, 0.15) is 36.0 Å². The summed E-state index contributed by atoms with van der Waals surface area (Å²) in [7, 11) is 0. The van der Waals surface area contributed by atoms with E-state index in [-0.39, 0.29) is 5.82 Å². The smallest absolute Gasteiger partial charge is 0.159 e. The number of hydrogen-bond acceptors (Lipinski definition) is 7. The van der Waals surface area contributed by atoms with Gasteiger partial charge in [-0.3, -0.25) is 20.1 Å². The molecule has 0 aliphatic carbocycles. The number of aromatic amines is 2. The van der Waals surface area contributed by atoms with E-state index < -0.39 is 0 Å². The Balaban J connectivity index is 1.05. The standard InChI is InChI=1S/C38H36FN9/c39-30-17-26(9-6-14-48-12-4-5-13-48)15-28(18-30)35-37-32(10-11-42-35)44-38(45-37)36-31-19-33(43-24-34(31)46-47-36)29-16-27(22-41-23-29)21-40-20-25-7-2-1-3-8-25/h1-3,7-8,10-11,15-19,22-24,40H,4-6,9,12-14,20-21H2,(H,44,45)(H,46,47). The zero-order valence-corrected chi connectivity index (χ0v) is 26.6. The van der Waals surface area contributed by atoms with Crippen LogP contribution in [0.25, 0.3) is 56.0 Å². The molecular formula is C38H36FN9. The minimum atomic E-state index is -0.262. The van der Waals surface area contributed by atoms with Gasteiger partial charge < -0.3 is 15.2 Å². The number of benzene rings is 2. The molecule has 240 valence electrons. The Kier molecular flexibility index (Phi) is 8.40. The lowest BCUT2D eigenvalue weighted by atomic mass is 10.0. The van der Waals surface area contributed by atoms with Crippen LogP contribution in [-0.4, -0.2) is 59.7 Å². The molecule has 0 bridgehead atoms. The van der Waals surface area contributed by atoms with E-state index in [0.29, 0.717) is 29.3 Å². The number of imidazole rings is 1. The molecule has 7 aromatic rings. The van der Waals surface area contributed by atoms with Crippen LogP contribution in [0.3, 0.4) is 0 Å². The third kappa shape index (κ3) is 6.45. The molecule has 48 heavy (non-hydrogen) atoms. The maximum Gasteiger partial charge on any atom is 0.159 e. The van der Waals surface area contributed by atoms with Gasteiger partial charge in [0.25, 0.3) is 0 Å². The Morgan fingerprint density at radius 2 is 1.65 bits per heavy atom. The normalized spacial score (nSPS) is 13.6. The van der Waals surface area contributed by atoms with E-state index in [1.54, 1.807) is 24.5 Å². The van der Waals surface area contributed by atoms with Gasteiger partial charge in [-0.15, -0.1) is 0 Å². The molecule has 0 amide bonds. The Morgan fingerprint density at radius 1 is 0.792 bits per heavy atom. The van der Waals surface area contributed by atoms with Crippen molar-refractivity contribution in [3.8, 4) is 34.0 Å². The summed E-state index contributed by atoms with van der Waals surface area (Å²) in [6, 6.07) is 21.6. The van der Waals surface area contributed by atoms with Crippen LogP contribution in [-0.2, 0) is 19.5 Å². The third-order valence-electron chi connectivity index (χ3n) is 9.03. The SMILES string of the molecule is Fc1cc(CCCN2CCCC2)cc(-c2nccc3[nH]c(-c4n[nH]c5cnc(-c6cncc(CNCc7ccccc7)c6)cc45)nc23)c1. The minimum Gasteiger partial charge on any atom is -0.336 e. The van der Waals surface area contributed by atoms with Gasteiger partial charge in [0.2, 0.25) is 0 Å². The summed E-state index contributed by atoms with van der Waals surface area (Å²) in [5, 5.41) is 12.1. The molecule has 1 fully saturated rings. The quantitative estimate of drug-likeness (QED) is 0.139. The number of nitrogens with zero attached hydrogens (tertiary/aromatic N) is 6. The molecule has 1 saturated heterocycles. The fourth-order valence-electron chi connectivity index (χ4n) is 6.63. The average molecular weight is 638 g/mol. The van der Waals surface area contributed by atoms with Crippen molar-refractivity contribution in [1.29, 1.82) is 0 Å². The largest absolute Gasteiger partial charge is 0.336 e. The summed E-state index contributed by atoms with van der Waals surface area (Å²) in [6.07, 6.45) is 11.6. The zero-order chi connectivity index (χ0) is 32.3. The van der Waals surface area contributed by atoms with Gasteiger partial charge in [-0.25, -0.2) is 9.37 Å². The maximum absolute atomic E-state index is 14.9. The van der Waals surface area contributed by atoms with Crippen molar-refractivity contribution in [3.05, 3.63) is 114 Å². The molecule has 1 aliphatic rings. The Hall–Kier alpha value is -5.32. The third-order valence-corrected chi connectivity index (χ3v) is 9.03. The monoisotopic (exact) mass is 637 g/mol. The van der Waals surface area contributed by atoms with Gasteiger partial charge in [0, 0.05) is 48.2 Å². The van der Waals surface area contributed by atoms with E-state index in [1.165, 1.54) is 31.5 Å². The van der Waals surface area contributed by atoms with Crippen molar-refractivity contribution in [2.45, 2.75) is 38.8 Å². The highest BCUT2D eigenvalue weighted by atomic mass is 19.1. The van der Waals surface area contributed by atoms with Crippen LogP contribution < -0.4 is 5.32 Å². The molecule has 10 heteroatoms. The molecule has 9 nitrogen and oxygen atoms in total. The number of halogens is 1. The van der Waals surface area contributed by atoms with Crippen molar-refractivity contribution in [1.82, 2.24) is 45.3 Å². The summed E-state index contributed by atoms with van der Waals surface area (Å²) < 4.78 is 14.9. The van der Waals surface area contributed by atoms with E-state index >= 15 is 0 Å². The molecule has 0 saturated carbocycles. The molecule has 8 rings (SSSR count). The fraction of sp³-hybridized carbons (Fsp3) is 0.237. The summed E-state index contributed by atoms with van der Waals surface area (Å²) in [6.45, 7) is 4.85. The number of H-pyrrole nitrogens is 2. The summed E-state index contributed by atoms with van der Waals surface area (Å²) >= 11 is 0. The van der Waals surface area contributed by atoms with Crippen molar-refractivity contribution in [3.63, 3.8) is 0 Å². The van der Waals surface area contributed by atoms with Gasteiger partial charge in [0.1, 0.15) is 17.0 Å². The lowest BCUT2D eigenvalue weighted by molar-refractivity contribution is 0.334. The van der Waals surface area contributed by atoms with Crippen molar-refractivity contribution < 1.29 is 4.39 Å². The molecule has 2 aromatic carbocycles. The molecule has 0 atom stereocenters. The second kappa shape index (κ2) is 13.4. The van der Waals surface area contributed by atoms with E-state index in [4.69, 9.17) is 9.97 Å². The van der Waals surface area contributed by atoms with Crippen molar-refractivity contribution >= 4 is 21.9 Å². The van der Waals surface area contributed by atoms with Crippen LogP contribution in [0.2, 0.25) is 0 Å². The van der Waals surface area contributed by atoms with E-state index in [9.17, 15) is 4.39 Å². The van der Waals surface area contributed by atoms with Crippen molar-refractivity contribution in [2.75, 3.05) is 19.6 Å². The second-order valence-corrected chi connectivity index (χ2v) is 12.5. The zero-order valence-electron chi connectivity index (χ0n) is 26.6. The number of pyridine rings is 3. The van der Waals surface area contributed by atoms with Crippen LogP contribution in [0.4, 0.5) is 4.39 Å². The number of fused-ring (bicyclic) bond motifs is 2. The maximum atomic E-state index is 14.9. The molecule has 0 spiro atoms. The summed E-state index contributed by atoms with van der Waals surface area (Å²) in [4.78, 5) is 24.7. The number of likely N-dealkylation sites (tertiary alicyclic amines) is 1. The number of hydrogen-bond donors (Lipinski definition) is 3. The Morgan fingerprint density at radius 3 is 2.54 bits per heavy atom. The lowest BCUT2D eigenvalue weighted by Crippen LogP contribution is -2.20. The number of aromatic nitrogens is 7. The van der Waals surface area contributed by atoms with Crippen LogP contribution in [0, 0.1) is 5.82 Å². The van der Waals surface area contributed by atoms with Crippen LogP contribution >= 0.6 is 0 Å². The number of rotatable bonds is 11. The second-order valence-electron chi connectivity index (χ2n) is 12.5. The molecule has 3 N–H and O–H groups in total. The molecule has 1 aliphatic heterocycles. The highest BCUT2D eigenvalue weighted by molar-refractivity contribution is 5.96. The van der Waals surface area contributed by atoms with Gasteiger partial charge in [0.15, 0.2) is 5.82 Å². The molecule has 5 aromatic heterocycles. The van der Waals surface area contributed by atoms with E-state index in [0.717, 1.165) is 70.3 Å². The molecular weight excluding hydrogens is 601 g/mol. The van der Waals surface area contributed by atoms with Gasteiger partial charge in [-0.1, -0.05) is 30.3 Å². The first kappa shape index (κ1) is 30.0. The first-order chi connectivity index (χ1) is 23.7. The molecule has 0 unspecified atom stereocenters. The topological polar surface area (TPSA) is 111 Å². The van der Waals surface area contributed by atoms with Gasteiger partial charge in [-0.2, -0.15) is 5.10 Å². The summed E-state index contributed by atoms with van der Waals surface area (Å²) in [5.74, 6) is 0.337. The van der Waals surface area contributed by atoms with Crippen LogP contribution in [0.5, 0.6) is 0 Å². The van der Waals surface area contributed by atoms with Gasteiger partial charge in [0.05, 0.1) is 28.6 Å². The minimum absolute atomic E-state index is 0.262. The highest BCUT2D eigenvalue weighted by Crippen LogP contribution is 2.32. The van der Waals surface area contributed by atoms with E-state index in [1.807, 2.05) is 48.8 Å².